The van der Waals surface area contributed by atoms with Crippen LogP contribution in [0.2, 0.25) is 10.0 Å². The van der Waals surface area contributed by atoms with E-state index in [0.29, 0.717) is 41.7 Å². The van der Waals surface area contributed by atoms with E-state index in [2.05, 4.69) is 5.32 Å². The number of nitrogens with zero attached hydrogens (tertiary/aromatic N) is 1. The molecule has 0 bridgehead atoms. The van der Waals surface area contributed by atoms with Crippen LogP contribution < -0.4 is 5.32 Å². The number of nitrogens with one attached hydrogen (secondary N) is 1. The molecule has 0 unspecified atom stereocenters. The highest BCUT2D eigenvalue weighted by molar-refractivity contribution is 6.40. The number of piperidine rings is 1. The SMILES string of the molecule is Cc1c(Cl)cc(NC(=O)C(=O)N2CCC(CO)CC2)cc1Cl. The fourth-order valence-corrected chi connectivity index (χ4v) is 2.85. The number of benzene rings is 1. The molecule has 1 aromatic carbocycles. The summed E-state index contributed by atoms with van der Waals surface area (Å²) in [5, 5.41) is 12.5. The summed E-state index contributed by atoms with van der Waals surface area (Å²) >= 11 is 12.0. The molecule has 2 rings (SSSR count). The van der Waals surface area contributed by atoms with Crippen molar-refractivity contribution in [3.8, 4) is 0 Å². The Bertz CT molecular complexity index is 561. The van der Waals surface area contributed by atoms with Gasteiger partial charge in [0.2, 0.25) is 0 Å². The Morgan fingerprint density at radius 2 is 1.82 bits per heavy atom. The molecule has 1 aliphatic heterocycles. The van der Waals surface area contributed by atoms with E-state index < -0.39 is 11.8 Å². The van der Waals surface area contributed by atoms with Crippen molar-refractivity contribution in [2.45, 2.75) is 19.8 Å². The van der Waals surface area contributed by atoms with Crippen LogP contribution in [-0.2, 0) is 9.59 Å². The molecule has 1 aromatic rings. The summed E-state index contributed by atoms with van der Waals surface area (Å²) in [5.41, 5.74) is 1.11. The minimum Gasteiger partial charge on any atom is -0.396 e. The maximum Gasteiger partial charge on any atom is 0.313 e. The van der Waals surface area contributed by atoms with Gasteiger partial charge in [-0.2, -0.15) is 0 Å². The van der Waals surface area contributed by atoms with Crippen molar-refractivity contribution in [2.75, 3.05) is 25.0 Å². The number of carbonyl (C=O) groups excluding carboxylic acids is 2. The number of amides is 2. The average molecular weight is 345 g/mol. The second-order valence-corrected chi connectivity index (χ2v) is 6.25. The second kappa shape index (κ2) is 7.31. The third kappa shape index (κ3) is 3.91. The molecule has 0 aliphatic carbocycles. The van der Waals surface area contributed by atoms with E-state index in [1.807, 2.05) is 0 Å². The number of aliphatic hydroxyl groups is 1. The predicted molar refractivity (Wildman–Crippen MR) is 86.2 cm³/mol. The Balaban J connectivity index is 1.99. The number of rotatable bonds is 2. The Kier molecular flexibility index (Phi) is 5.67. The predicted octanol–water partition coefficient (Wildman–Crippen LogP) is 2.47. The first kappa shape index (κ1) is 17.1. The van der Waals surface area contributed by atoms with E-state index in [-0.39, 0.29) is 12.5 Å². The van der Waals surface area contributed by atoms with Gasteiger partial charge in [-0.1, -0.05) is 23.2 Å². The molecule has 1 heterocycles. The summed E-state index contributed by atoms with van der Waals surface area (Å²) in [7, 11) is 0. The normalized spacial score (nSPS) is 15.7. The molecule has 120 valence electrons. The number of anilines is 1. The summed E-state index contributed by atoms with van der Waals surface area (Å²) in [6, 6.07) is 3.12. The first-order valence-corrected chi connectivity index (χ1v) is 7.84. The minimum atomic E-state index is -0.710. The zero-order chi connectivity index (χ0) is 16.3. The Morgan fingerprint density at radius 1 is 1.27 bits per heavy atom. The lowest BCUT2D eigenvalue weighted by Gasteiger charge is -2.30. The molecule has 0 radical (unpaired) electrons. The first-order chi connectivity index (χ1) is 10.4. The molecule has 22 heavy (non-hydrogen) atoms. The second-order valence-electron chi connectivity index (χ2n) is 5.44. The molecule has 5 nitrogen and oxygen atoms in total. The first-order valence-electron chi connectivity index (χ1n) is 7.09. The molecule has 0 spiro atoms. The third-order valence-electron chi connectivity index (χ3n) is 3.89. The van der Waals surface area contributed by atoms with Gasteiger partial charge in [0.1, 0.15) is 0 Å². The van der Waals surface area contributed by atoms with Crippen molar-refractivity contribution >= 4 is 40.7 Å². The van der Waals surface area contributed by atoms with Crippen LogP contribution in [0.3, 0.4) is 0 Å². The van der Waals surface area contributed by atoms with Crippen LogP contribution >= 0.6 is 23.2 Å². The Labute approximate surface area is 139 Å². The van der Waals surface area contributed by atoms with Gasteiger partial charge in [-0.3, -0.25) is 9.59 Å². The van der Waals surface area contributed by atoms with Crippen LogP contribution in [0.1, 0.15) is 18.4 Å². The highest BCUT2D eigenvalue weighted by atomic mass is 35.5. The highest BCUT2D eigenvalue weighted by Crippen LogP contribution is 2.28. The molecule has 1 fully saturated rings. The van der Waals surface area contributed by atoms with E-state index in [9.17, 15) is 9.59 Å². The average Bonchev–Trinajstić information content (AvgIpc) is 2.51. The minimum absolute atomic E-state index is 0.120. The van der Waals surface area contributed by atoms with Gasteiger partial charge >= 0.3 is 11.8 Å². The summed E-state index contributed by atoms with van der Waals surface area (Å²) in [4.78, 5) is 25.7. The van der Waals surface area contributed by atoms with Crippen LogP contribution in [0.4, 0.5) is 5.69 Å². The molecular weight excluding hydrogens is 327 g/mol. The van der Waals surface area contributed by atoms with E-state index in [0.717, 1.165) is 5.56 Å². The van der Waals surface area contributed by atoms with Crippen molar-refractivity contribution in [3.05, 3.63) is 27.7 Å². The molecule has 2 amide bonds. The number of likely N-dealkylation sites (tertiary alicyclic amines) is 1. The van der Waals surface area contributed by atoms with Gasteiger partial charge in [-0.25, -0.2) is 0 Å². The fourth-order valence-electron chi connectivity index (χ4n) is 2.36. The van der Waals surface area contributed by atoms with Crippen LogP contribution in [-0.4, -0.2) is 41.5 Å². The van der Waals surface area contributed by atoms with E-state index in [1.54, 1.807) is 19.1 Å². The molecule has 1 saturated heterocycles. The number of hydrogen-bond donors (Lipinski definition) is 2. The van der Waals surface area contributed by atoms with Gasteiger partial charge in [-0.05, 0) is 43.4 Å². The molecule has 0 saturated carbocycles. The summed E-state index contributed by atoms with van der Waals surface area (Å²) in [5.74, 6) is -1.08. The van der Waals surface area contributed by atoms with E-state index in [4.69, 9.17) is 28.3 Å². The standard InChI is InChI=1S/C15H18Cl2N2O3/c1-9-12(16)6-11(7-13(9)17)18-14(21)15(22)19-4-2-10(8-20)3-5-19/h6-7,10,20H,2-5,8H2,1H3,(H,18,21). The summed E-state index contributed by atoms with van der Waals surface area (Å²) in [6.07, 6.45) is 1.41. The largest absolute Gasteiger partial charge is 0.396 e. The Morgan fingerprint density at radius 3 is 2.32 bits per heavy atom. The van der Waals surface area contributed by atoms with Gasteiger partial charge in [0.25, 0.3) is 0 Å². The van der Waals surface area contributed by atoms with Crippen LogP contribution in [0, 0.1) is 12.8 Å². The van der Waals surface area contributed by atoms with Crippen molar-refractivity contribution in [1.29, 1.82) is 0 Å². The molecular formula is C15H18Cl2N2O3. The summed E-state index contributed by atoms with van der Waals surface area (Å²) in [6.45, 7) is 2.85. The van der Waals surface area contributed by atoms with Gasteiger partial charge < -0.3 is 15.3 Å². The van der Waals surface area contributed by atoms with Crippen LogP contribution in [0.15, 0.2) is 12.1 Å². The maximum atomic E-state index is 12.1. The topological polar surface area (TPSA) is 69.6 Å². The molecule has 0 aromatic heterocycles. The molecule has 0 atom stereocenters. The molecule has 2 N–H and O–H groups in total. The maximum absolute atomic E-state index is 12.1. The van der Waals surface area contributed by atoms with E-state index >= 15 is 0 Å². The number of aliphatic hydroxyl groups excluding tert-OH is 1. The third-order valence-corrected chi connectivity index (χ3v) is 4.68. The monoisotopic (exact) mass is 344 g/mol. The Hall–Kier alpha value is -1.30. The number of halogens is 2. The van der Waals surface area contributed by atoms with Gasteiger partial charge in [0, 0.05) is 35.4 Å². The van der Waals surface area contributed by atoms with Crippen molar-refractivity contribution in [3.63, 3.8) is 0 Å². The van der Waals surface area contributed by atoms with Gasteiger partial charge in [0.15, 0.2) is 0 Å². The van der Waals surface area contributed by atoms with Crippen molar-refractivity contribution in [1.82, 2.24) is 4.90 Å². The lowest BCUT2D eigenvalue weighted by Crippen LogP contribution is -2.44. The summed E-state index contributed by atoms with van der Waals surface area (Å²) < 4.78 is 0. The van der Waals surface area contributed by atoms with Gasteiger partial charge in [0.05, 0.1) is 0 Å². The zero-order valence-electron chi connectivity index (χ0n) is 12.2. The van der Waals surface area contributed by atoms with Crippen molar-refractivity contribution in [2.24, 2.45) is 5.92 Å². The number of hydrogen-bond acceptors (Lipinski definition) is 3. The highest BCUT2D eigenvalue weighted by Gasteiger charge is 2.26. The number of carbonyl (C=O) groups is 2. The molecule has 7 heteroatoms. The zero-order valence-corrected chi connectivity index (χ0v) is 13.7. The lowest BCUT2D eigenvalue weighted by atomic mass is 9.98. The van der Waals surface area contributed by atoms with E-state index in [1.165, 1.54) is 4.90 Å². The van der Waals surface area contributed by atoms with Crippen molar-refractivity contribution < 1.29 is 14.7 Å². The quantitative estimate of drug-likeness (QED) is 0.809. The van der Waals surface area contributed by atoms with Crippen LogP contribution in [0.5, 0.6) is 0 Å². The molecule has 1 aliphatic rings. The smallest absolute Gasteiger partial charge is 0.313 e. The van der Waals surface area contributed by atoms with Crippen LogP contribution in [0.25, 0.3) is 0 Å². The fraction of sp³-hybridized carbons (Fsp3) is 0.467. The lowest BCUT2D eigenvalue weighted by molar-refractivity contribution is -0.144. The van der Waals surface area contributed by atoms with Gasteiger partial charge in [-0.15, -0.1) is 0 Å².